The van der Waals surface area contributed by atoms with Crippen molar-refractivity contribution in [3.05, 3.63) is 52.3 Å². The van der Waals surface area contributed by atoms with Gasteiger partial charge in [0.1, 0.15) is 5.69 Å². The highest BCUT2D eigenvalue weighted by molar-refractivity contribution is 6.29. The lowest BCUT2D eigenvalue weighted by Gasteiger charge is -2.24. The maximum Gasteiger partial charge on any atom is 0.272 e. The summed E-state index contributed by atoms with van der Waals surface area (Å²) < 4.78 is 13.4. The number of hydrogen-bond donors (Lipinski definition) is 0. The number of carbonyl (C=O) groups excluding carboxylic acids is 1. The molecular weight excluding hydrogens is 355 g/mol. The van der Waals surface area contributed by atoms with Crippen LogP contribution in [0.4, 0.5) is 4.39 Å². The van der Waals surface area contributed by atoms with E-state index in [4.69, 9.17) is 11.6 Å². The van der Waals surface area contributed by atoms with Crippen molar-refractivity contribution in [1.29, 1.82) is 0 Å². The van der Waals surface area contributed by atoms with Gasteiger partial charge < -0.3 is 4.90 Å². The van der Waals surface area contributed by atoms with Crippen molar-refractivity contribution in [2.24, 2.45) is 5.92 Å². The van der Waals surface area contributed by atoms with Gasteiger partial charge in [-0.05, 0) is 42.5 Å². The average Bonchev–Trinajstić information content (AvgIpc) is 2.60. The highest BCUT2D eigenvalue weighted by Gasteiger charge is 2.20. The minimum Gasteiger partial charge on any atom is -0.331 e. The summed E-state index contributed by atoms with van der Waals surface area (Å²) in [5.41, 5.74) is 1.78. The zero-order chi connectivity index (χ0) is 19.1. The molecule has 2 aromatic rings. The van der Waals surface area contributed by atoms with Gasteiger partial charge in [0.15, 0.2) is 5.15 Å². The SMILES string of the molecule is CCCc1cc(Cl)nnc1CN(CCC(C)C)C(=O)c1cccc(F)n1. The normalized spacial score (nSPS) is 11.0. The van der Waals surface area contributed by atoms with Crippen LogP contribution in [0.1, 0.15) is 55.4 Å². The first-order valence-corrected chi connectivity index (χ1v) is 9.21. The molecule has 0 aliphatic heterocycles. The van der Waals surface area contributed by atoms with E-state index in [0.29, 0.717) is 29.9 Å². The standard InChI is InChI=1S/C19H24ClFN4O/c1-4-6-14-11-17(20)24-23-16(14)12-25(10-9-13(2)3)19(26)15-7-5-8-18(21)22-15/h5,7-8,11,13H,4,6,9-10,12H2,1-3H3. The van der Waals surface area contributed by atoms with Crippen molar-refractivity contribution < 1.29 is 9.18 Å². The van der Waals surface area contributed by atoms with E-state index in [0.717, 1.165) is 24.8 Å². The summed E-state index contributed by atoms with van der Waals surface area (Å²) in [5, 5.41) is 8.44. The van der Waals surface area contributed by atoms with E-state index in [1.807, 2.05) is 0 Å². The number of halogens is 2. The van der Waals surface area contributed by atoms with Gasteiger partial charge in [-0.2, -0.15) is 9.49 Å². The van der Waals surface area contributed by atoms with Gasteiger partial charge in [0.2, 0.25) is 5.95 Å². The van der Waals surface area contributed by atoms with E-state index < -0.39 is 5.95 Å². The Morgan fingerprint density at radius 2 is 2.08 bits per heavy atom. The summed E-state index contributed by atoms with van der Waals surface area (Å²) in [5.74, 6) is -0.556. The molecule has 0 spiro atoms. The fourth-order valence-corrected chi connectivity index (χ4v) is 2.75. The van der Waals surface area contributed by atoms with Crippen LogP contribution in [0.2, 0.25) is 5.15 Å². The van der Waals surface area contributed by atoms with Crippen LogP contribution in [-0.4, -0.2) is 32.5 Å². The number of pyridine rings is 1. The first kappa shape index (κ1) is 20.2. The molecule has 0 saturated carbocycles. The quantitative estimate of drug-likeness (QED) is 0.642. The monoisotopic (exact) mass is 378 g/mol. The molecular formula is C19H24ClFN4O. The molecule has 140 valence electrons. The fraction of sp³-hybridized carbons (Fsp3) is 0.474. The Balaban J connectivity index is 2.29. The van der Waals surface area contributed by atoms with E-state index in [2.05, 4.69) is 36.0 Å². The third-order valence-electron chi connectivity index (χ3n) is 3.99. The Morgan fingerprint density at radius 1 is 1.31 bits per heavy atom. The van der Waals surface area contributed by atoms with Crippen molar-refractivity contribution in [3.8, 4) is 0 Å². The van der Waals surface area contributed by atoms with Crippen molar-refractivity contribution >= 4 is 17.5 Å². The molecule has 5 nitrogen and oxygen atoms in total. The molecule has 0 bridgehead atoms. The highest BCUT2D eigenvalue weighted by atomic mass is 35.5. The lowest BCUT2D eigenvalue weighted by atomic mass is 10.1. The van der Waals surface area contributed by atoms with Crippen LogP contribution in [0.5, 0.6) is 0 Å². The Hall–Kier alpha value is -2.08. The molecule has 7 heteroatoms. The van der Waals surface area contributed by atoms with Crippen LogP contribution in [-0.2, 0) is 13.0 Å². The number of rotatable bonds is 8. The van der Waals surface area contributed by atoms with E-state index in [-0.39, 0.29) is 11.6 Å². The van der Waals surface area contributed by atoms with Gasteiger partial charge in [-0.3, -0.25) is 4.79 Å². The predicted octanol–water partition coefficient (Wildman–Crippen LogP) is 4.31. The fourth-order valence-electron chi connectivity index (χ4n) is 2.58. The summed E-state index contributed by atoms with van der Waals surface area (Å²) in [6.45, 7) is 7.08. The topological polar surface area (TPSA) is 59.0 Å². The third kappa shape index (κ3) is 5.73. The van der Waals surface area contributed by atoms with Gasteiger partial charge >= 0.3 is 0 Å². The molecule has 1 amide bonds. The Kier molecular flexibility index (Phi) is 7.45. The zero-order valence-corrected chi connectivity index (χ0v) is 16.1. The maximum absolute atomic E-state index is 13.4. The van der Waals surface area contributed by atoms with Crippen molar-refractivity contribution in [1.82, 2.24) is 20.1 Å². The van der Waals surface area contributed by atoms with E-state index in [1.54, 1.807) is 11.0 Å². The molecule has 0 aliphatic carbocycles. The first-order valence-electron chi connectivity index (χ1n) is 8.83. The summed E-state index contributed by atoms with van der Waals surface area (Å²) in [4.78, 5) is 18.2. The minimum atomic E-state index is -0.669. The lowest BCUT2D eigenvalue weighted by molar-refractivity contribution is 0.0725. The van der Waals surface area contributed by atoms with Gasteiger partial charge in [-0.1, -0.05) is 44.9 Å². The molecule has 0 aromatic carbocycles. The molecule has 2 rings (SSSR count). The van der Waals surface area contributed by atoms with Crippen molar-refractivity contribution in [2.45, 2.75) is 46.6 Å². The summed E-state index contributed by atoms with van der Waals surface area (Å²) >= 11 is 5.96. The maximum atomic E-state index is 13.4. The minimum absolute atomic E-state index is 0.0905. The molecule has 2 heterocycles. The van der Waals surface area contributed by atoms with Crippen molar-refractivity contribution in [3.63, 3.8) is 0 Å². The summed E-state index contributed by atoms with van der Waals surface area (Å²) in [6.07, 6.45) is 2.56. The molecule has 0 saturated heterocycles. The lowest BCUT2D eigenvalue weighted by Crippen LogP contribution is -2.33. The number of aryl methyl sites for hydroxylation is 1. The van der Waals surface area contributed by atoms with Crippen LogP contribution in [0, 0.1) is 11.9 Å². The predicted molar refractivity (Wildman–Crippen MR) is 99.4 cm³/mol. The van der Waals surface area contributed by atoms with E-state index in [1.165, 1.54) is 18.2 Å². The third-order valence-corrected chi connectivity index (χ3v) is 4.17. The van der Waals surface area contributed by atoms with Crippen molar-refractivity contribution in [2.75, 3.05) is 6.54 Å². The van der Waals surface area contributed by atoms with E-state index >= 15 is 0 Å². The highest BCUT2D eigenvalue weighted by Crippen LogP contribution is 2.17. The smallest absolute Gasteiger partial charge is 0.272 e. The van der Waals surface area contributed by atoms with Crippen LogP contribution >= 0.6 is 11.6 Å². The number of carbonyl (C=O) groups is 1. The van der Waals surface area contributed by atoms with Crippen LogP contribution in [0.15, 0.2) is 24.3 Å². The Bertz CT molecular complexity index is 754. The van der Waals surface area contributed by atoms with Gasteiger partial charge in [0, 0.05) is 6.54 Å². The number of aromatic nitrogens is 3. The molecule has 0 unspecified atom stereocenters. The van der Waals surface area contributed by atoms with Gasteiger partial charge in [0.05, 0.1) is 12.2 Å². The Morgan fingerprint density at radius 3 is 2.73 bits per heavy atom. The molecule has 0 aliphatic rings. The Labute approximate surface area is 158 Å². The molecule has 2 aromatic heterocycles. The molecule has 0 radical (unpaired) electrons. The average molecular weight is 379 g/mol. The molecule has 0 N–H and O–H groups in total. The molecule has 0 fully saturated rings. The second-order valence-corrected chi connectivity index (χ2v) is 7.03. The van der Waals surface area contributed by atoms with Crippen LogP contribution in [0.25, 0.3) is 0 Å². The largest absolute Gasteiger partial charge is 0.331 e. The second kappa shape index (κ2) is 9.57. The number of nitrogens with zero attached hydrogens (tertiary/aromatic N) is 4. The summed E-state index contributed by atoms with van der Waals surface area (Å²) in [6, 6.07) is 6.02. The van der Waals surface area contributed by atoms with Crippen LogP contribution < -0.4 is 0 Å². The summed E-state index contributed by atoms with van der Waals surface area (Å²) in [7, 11) is 0. The number of amides is 1. The number of hydrogen-bond acceptors (Lipinski definition) is 4. The molecule has 26 heavy (non-hydrogen) atoms. The van der Waals surface area contributed by atoms with Gasteiger partial charge in [-0.15, -0.1) is 5.10 Å². The van der Waals surface area contributed by atoms with E-state index in [9.17, 15) is 9.18 Å². The molecule has 0 atom stereocenters. The van der Waals surface area contributed by atoms with Gasteiger partial charge in [0.25, 0.3) is 5.91 Å². The second-order valence-electron chi connectivity index (χ2n) is 6.64. The first-order chi connectivity index (χ1) is 12.4. The van der Waals surface area contributed by atoms with Gasteiger partial charge in [-0.25, -0.2) is 4.98 Å². The van der Waals surface area contributed by atoms with Crippen LogP contribution in [0.3, 0.4) is 0 Å². The zero-order valence-electron chi connectivity index (χ0n) is 15.4.